The second kappa shape index (κ2) is 11.2. The Labute approximate surface area is 245 Å². The molecule has 1 unspecified atom stereocenters. The number of hydrogen-bond acceptors (Lipinski definition) is 9. The Morgan fingerprint density at radius 3 is 2.51 bits per heavy atom. The minimum Gasteiger partial charge on any atom is -0.505 e. The van der Waals surface area contributed by atoms with Crippen molar-refractivity contribution in [1.29, 1.82) is 0 Å². The predicted octanol–water partition coefficient (Wildman–Crippen LogP) is 5.51. The van der Waals surface area contributed by atoms with Crippen molar-refractivity contribution < 1.29 is 14.2 Å². The number of nitrogens with zero attached hydrogens (tertiary/aromatic N) is 5. The van der Waals surface area contributed by atoms with Crippen LogP contribution in [0.1, 0.15) is 18.8 Å². The highest BCUT2D eigenvalue weighted by atomic mass is 19.1. The van der Waals surface area contributed by atoms with E-state index in [1.165, 1.54) is 25.4 Å². The second-order valence-electron chi connectivity index (χ2n) is 9.76. The number of phenolic OH excluding ortho intramolecular Hbond substituents is 1. The molecule has 6 rings (SSSR count). The number of nitrogen functional groups attached to an aromatic ring is 1. The maximum atomic E-state index is 14.4. The highest BCUT2D eigenvalue weighted by Crippen LogP contribution is 2.33. The van der Waals surface area contributed by atoms with Gasteiger partial charge in [0.2, 0.25) is 11.8 Å². The molecule has 3 heterocycles. The Hall–Kier alpha value is -5.84. The predicted molar refractivity (Wildman–Crippen MR) is 163 cm³/mol. The summed E-state index contributed by atoms with van der Waals surface area (Å²) in [7, 11) is 1.54. The van der Waals surface area contributed by atoms with Gasteiger partial charge in [0, 0.05) is 24.0 Å². The number of phenols is 1. The van der Waals surface area contributed by atoms with Crippen LogP contribution in [-0.2, 0) is 0 Å². The molecule has 0 aliphatic rings. The van der Waals surface area contributed by atoms with E-state index in [-0.39, 0.29) is 11.5 Å². The first kappa shape index (κ1) is 27.3. The van der Waals surface area contributed by atoms with Crippen molar-refractivity contribution in [3.8, 4) is 39.6 Å². The van der Waals surface area contributed by atoms with E-state index in [4.69, 9.17) is 15.5 Å². The summed E-state index contributed by atoms with van der Waals surface area (Å²) in [6, 6.07) is 21.7. The fourth-order valence-corrected chi connectivity index (χ4v) is 4.96. The van der Waals surface area contributed by atoms with Crippen molar-refractivity contribution in [2.24, 2.45) is 0 Å². The summed E-state index contributed by atoms with van der Waals surface area (Å²) >= 11 is 0. The van der Waals surface area contributed by atoms with Gasteiger partial charge in [-0.05, 0) is 60.0 Å². The van der Waals surface area contributed by atoms with Gasteiger partial charge in [0.05, 0.1) is 29.7 Å². The topological polar surface area (TPSA) is 141 Å². The Bertz CT molecular complexity index is 2030. The van der Waals surface area contributed by atoms with E-state index in [1.807, 2.05) is 55.5 Å². The maximum absolute atomic E-state index is 14.4. The van der Waals surface area contributed by atoms with Crippen LogP contribution in [0.2, 0.25) is 0 Å². The van der Waals surface area contributed by atoms with Crippen molar-refractivity contribution in [3.05, 3.63) is 113 Å². The van der Waals surface area contributed by atoms with Crippen molar-refractivity contribution in [1.82, 2.24) is 24.5 Å². The largest absolute Gasteiger partial charge is 0.505 e. The van der Waals surface area contributed by atoms with Crippen molar-refractivity contribution in [2.45, 2.75) is 13.0 Å². The summed E-state index contributed by atoms with van der Waals surface area (Å²) < 4.78 is 20.7. The van der Waals surface area contributed by atoms with Crippen LogP contribution in [0.25, 0.3) is 38.8 Å². The molecule has 214 valence electrons. The number of ether oxygens (including phenoxy) is 1. The van der Waals surface area contributed by atoms with E-state index < -0.39 is 17.6 Å². The molecule has 3 aromatic heterocycles. The molecule has 0 aliphatic carbocycles. The lowest BCUT2D eigenvalue weighted by atomic mass is 10.0. The van der Waals surface area contributed by atoms with Crippen LogP contribution in [-0.4, -0.2) is 36.7 Å². The summed E-state index contributed by atoms with van der Waals surface area (Å²) in [6.45, 7) is 1.84. The molecule has 10 nitrogen and oxygen atoms in total. The van der Waals surface area contributed by atoms with Gasteiger partial charge in [-0.3, -0.25) is 9.36 Å². The van der Waals surface area contributed by atoms with Gasteiger partial charge in [-0.2, -0.15) is 4.98 Å². The standard InChI is InChI=1S/C32H26FN7O3/c1-18(37-29-23(17-36-32(34)39-29)19-11-12-24(33)26(41)15-19)30-38-25-10-6-9-22(20-13-14-35-27(16-20)43-2)28(25)31(42)40(30)21-7-4-3-5-8-21/h3-18,41H,1-2H3,(H3,34,36,37,39). The zero-order chi connectivity index (χ0) is 30.1. The smallest absolute Gasteiger partial charge is 0.266 e. The van der Waals surface area contributed by atoms with Crippen molar-refractivity contribution >= 4 is 22.7 Å². The Morgan fingerprint density at radius 2 is 1.74 bits per heavy atom. The van der Waals surface area contributed by atoms with Gasteiger partial charge >= 0.3 is 0 Å². The summed E-state index contributed by atoms with van der Waals surface area (Å²) in [5.74, 6) is -0.0930. The molecule has 11 heteroatoms. The summed E-state index contributed by atoms with van der Waals surface area (Å²) in [6.07, 6.45) is 3.11. The lowest BCUT2D eigenvalue weighted by Gasteiger charge is -2.22. The number of aromatic nitrogens is 5. The van der Waals surface area contributed by atoms with E-state index in [1.54, 1.807) is 22.9 Å². The van der Waals surface area contributed by atoms with Crippen LogP contribution in [0.4, 0.5) is 16.2 Å². The third-order valence-electron chi connectivity index (χ3n) is 7.00. The fraction of sp³-hybridized carbons (Fsp3) is 0.0938. The quantitative estimate of drug-likeness (QED) is 0.225. The number of anilines is 2. The molecule has 3 aromatic carbocycles. The molecule has 0 saturated carbocycles. The molecule has 4 N–H and O–H groups in total. The molecule has 0 amide bonds. The highest BCUT2D eigenvalue weighted by Gasteiger charge is 2.22. The van der Waals surface area contributed by atoms with Crippen LogP contribution >= 0.6 is 0 Å². The number of nitrogens with one attached hydrogen (secondary N) is 1. The van der Waals surface area contributed by atoms with E-state index in [0.717, 1.165) is 11.6 Å². The van der Waals surface area contributed by atoms with Crippen LogP contribution in [0.5, 0.6) is 11.6 Å². The van der Waals surface area contributed by atoms with Crippen LogP contribution in [0.3, 0.4) is 0 Å². The lowest BCUT2D eigenvalue weighted by Crippen LogP contribution is -2.28. The van der Waals surface area contributed by atoms with Gasteiger partial charge in [0.25, 0.3) is 5.56 Å². The monoisotopic (exact) mass is 575 g/mol. The molecule has 0 fully saturated rings. The SMILES string of the molecule is COc1cc(-c2cccc3nc(C(C)Nc4nc(N)ncc4-c4ccc(F)c(O)c4)n(-c4ccccc4)c(=O)c23)ccn1. The fourth-order valence-electron chi connectivity index (χ4n) is 4.96. The molecular weight excluding hydrogens is 549 g/mol. The summed E-state index contributed by atoms with van der Waals surface area (Å²) in [4.78, 5) is 32.0. The van der Waals surface area contributed by atoms with Crippen molar-refractivity contribution in [2.75, 3.05) is 18.2 Å². The van der Waals surface area contributed by atoms with E-state index in [2.05, 4.69) is 20.3 Å². The average Bonchev–Trinajstić information content (AvgIpc) is 3.02. The number of nitrogens with two attached hydrogens (primary N) is 1. The van der Waals surface area contributed by atoms with Gasteiger partial charge in [-0.15, -0.1) is 0 Å². The van der Waals surface area contributed by atoms with Gasteiger partial charge < -0.3 is 20.9 Å². The van der Waals surface area contributed by atoms with Crippen LogP contribution in [0.15, 0.2) is 96.1 Å². The number of methoxy groups -OCH3 is 1. The molecule has 6 aromatic rings. The number of benzene rings is 3. The van der Waals surface area contributed by atoms with Crippen LogP contribution < -0.4 is 21.3 Å². The normalized spacial score (nSPS) is 11.8. The first-order valence-electron chi connectivity index (χ1n) is 13.3. The maximum Gasteiger partial charge on any atom is 0.266 e. The number of hydrogen-bond donors (Lipinski definition) is 3. The number of para-hydroxylation sites is 1. The number of rotatable bonds is 7. The van der Waals surface area contributed by atoms with Gasteiger partial charge in [-0.1, -0.05) is 36.4 Å². The number of aromatic hydroxyl groups is 1. The van der Waals surface area contributed by atoms with Crippen molar-refractivity contribution in [3.63, 3.8) is 0 Å². The third kappa shape index (κ3) is 5.19. The molecule has 1 atom stereocenters. The van der Waals surface area contributed by atoms with Gasteiger partial charge in [0.15, 0.2) is 11.6 Å². The van der Waals surface area contributed by atoms with E-state index in [0.29, 0.717) is 50.8 Å². The van der Waals surface area contributed by atoms with E-state index in [9.17, 15) is 14.3 Å². The van der Waals surface area contributed by atoms with Gasteiger partial charge in [0.1, 0.15) is 11.6 Å². The Kier molecular flexibility index (Phi) is 7.12. The summed E-state index contributed by atoms with van der Waals surface area (Å²) in [5, 5.41) is 13.7. The molecule has 0 radical (unpaired) electrons. The zero-order valence-corrected chi connectivity index (χ0v) is 23.2. The molecule has 0 saturated heterocycles. The molecular formula is C32H26FN7O3. The summed E-state index contributed by atoms with van der Waals surface area (Å²) in [5.41, 5.74) is 9.18. The molecule has 0 bridgehead atoms. The first-order chi connectivity index (χ1) is 20.8. The number of halogens is 1. The zero-order valence-electron chi connectivity index (χ0n) is 23.2. The minimum atomic E-state index is -0.750. The van der Waals surface area contributed by atoms with Gasteiger partial charge in [-0.25, -0.2) is 19.3 Å². The number of fused-ring (bicyclic) bond motifs is 1. The molecule has 0 aliphatic heterocycles. The second-order valence-corrected chi connectivity index (χ2v) is 9.76. The average molecular weight is 576 g/mol. The third-order valence-corrected chi connectivity index (χ3v) is 7.00. The van der Waals surface area contributed by atoms with Crippen LogP contribution in [0, 0.1) is 5.82 Å². The Balaban J connectivity index is 1.53. The lowest BCUT2D eigenvalue weighted by molar-refractivity contribution is 0.398. The Morgan fingerprint density at radius 1 is 0.953 bits per heavy atom. The molecule has 0 spiro atoms. The number of pyridine rings is 1. The molecule has 43 heavy (non-hydrogen) atoms. The van der Waals surface area contributed by atoms with E-state index >= 15 is 0 Å². The minimum absolute atomic E-state index is 0.00845. The highest BCUT2D eigenvalue weighted by molar-refractivity contribution is 5.94. The first-order valence-corrected chi connectivity index (χ1v) is 13.3.